The molecule has 1 aromatic rings. The summed E-state index contributed by atoms with van der Waals surface area (Å²) in [6.45, 7) is 2.25. The van der Waals surface area contributed by atoms with Gasteiger partial charge in [-0.1, -0.05) is 82.7 Å². The number of ether oxygens (including phenoxy) is 1. The van der Waals surface area contributed by atoms with Gasteiger partial charge >= 0.3 is 5.97 Å². The van der Waals surface area contributed by atoms with Gasteiger partial charge in [0, 0.05) is 6.42 Å². The van der Waals surface area contributed by atoms with Crippen LogP contribution in [0, 0.1) is 0 Å². The third kappa shape index (κ3) is 7.84. The highest BCUT2D eigenvalue weighted by atomic mass is 16.5. The van der Waals surface area contributed by atoms with Crippen molar-refractivity contribution in [2.24, 2.45) is 0 Å². The van der Waals surface area contributed by atoms with Gasteiger partial charge in [0.15, 0.2) is 11.5 Å². The maximum absolute atomic E-state index is 11.3. The van der Waals surface area contributed by atoms with Gasteiger partial charge in [-0.3, -0.25) is 0 Å². The second kappa shape index (κ2) is 12.8. The van der Waals surface area contributed by atoms with Crippen LogP contribution in [0.3, 0.4) is 0 Å². The van der Waals surface area contributed by atoms with Crippen molar-refractivity contribution in [3.05, 3.63) is 11.5 Å². The van der Waals surface area contributed by atoms with Gasteiger partial charge in [-0.15, -0.1) is 0 Å². The van der Waals surface area contributed by atoms with Crippen molar-refractivity contribution in [1.29, 1.82) is 0 Å². The lowest BCUT2D eigenvalue weighted by Crippen LogP contribution is -2.01. The molecule has 0 radical (unpaired) electrons. The Hall–Kier alpha value is -1.52. The summed E-state index contributed by atoms with van der Waals surface area (Å²) < 4.78 is 9.54. The van der Waals surface area contributed by atoms with Crippen molar-refractivity contribution in [3.8, 4) is 5.75 Å². The van der Waals surface area contributed by atoms with Gasteiger partial charge < -0.3 is 14.4 Å². The van der Waals surface area contributed by atoms with Gasteiger partial charge in [-0.25, -0.2) is 4.79 Å². The Morgan fingerprint density at radius 2 is 1.46 bits per heavy atom. The van der Waals surface area contributed by atoms with Crippen molar-refractivity contribution in [1.82, 2.24) is 5.16 Å². The Labute approximate surface area is 145 Å². The number of carbonyl (C=O) groups excluding carboxylic acids is 1. The SMILES string of the molecule is CCCCCCCCCCCCCCc1onc(C(=O)OC)c1O. The second-order valence-electron chi connectivity index (χ2n) is 6.43. The number of hydrogen-bond acceptors (Lipinski definition) is 5. The first-order chi connectivity index (χ1) is 11.7. The molecule has 0 aliphatic rings. The third-order valence-corrected chi connectivity index (χ3v) is 4.37. The number of unbranched alkanes of at least 4 members (excludes halogenated alkanes) is 11. The molecule has 5 heteroatoms. The first-order valence-electron chi connectivity index (χ1n) is 9.46. The molecular formula is C19H33NO4. The number of aromatic hydroxyl groups is 1. The number of esters is 1. The lowest BCUT2D eigenvalue weighted by Gasteiger charge is -2.02. The molecule has 0 bridgehead atoms. The van der Waals surface area contributed by atoms with E-state index in [4.69, 9.17) is 4.52 Å². The lowest BCUT2D eigenvalue weighted by atomic mass is 10.0. The van der Waals surface area contributed by atoms with Crippen LogP contribution in [-0.4, -0.2) is 23.3 Å². The molecule has 1 N–H and O–H groups in total. The molecule has 0 atom stereocenters. The van der Waals surface area contributed by atoms with Crippen LogP contribution in [0.4, 0.5) is 0 Å². The fourth-order valence-electron chi connectivity index (χ4n) is 2.84. The quantitative estimate of drug-likeness (QED) is 0.362. The number of nitrogens with zero attached hydrogens (tertiary/aromatic N) is 1. The number of hydrogen-bond donors (Lipinski definition) is 1. The van der Waals surface area contributed by atoms with E-state index in [0.29, 0.717) is 12.2 Å². The zero-order valence-electron chi connectivity index (χ0n) is 15.3. The fourth-order valence-corrected chi connectivity index (χ4v) is 2.84. The summed E-state index contributed by atoms with van der Waals surface area (Å²) in [7, 11) is 1.25. The summed E-state index contributed by atoms with van der Waals surface area (Å²) in [5.74, 6) is -0.468. The van der Waals surface area contributed by atoms with Crippen LogP contribution >= 0.6 is 0 Å². The maximum atomic E-state index is 11.3. The lowest BCUT2D eigenvalue weighted by molar-refractivity contribution is 0.0586. The number of carbonyl (C=O) groups is 1. The van der Waals surface area contributed by atoms with Crippen molar-refractivity contribution >= 4 is 5.97 Å². The fraction of sp³-hybridized carbons (Fsp3) is 0.789. The van der Waals surface area contributed by atoms with E-state index in [0.717, 1.165) is 12.8 Å². The molecule has 5 nitrogen and oxygen atoms in total. The van der Waals surface area contributed by atoms with Crippen LogP contribution in [0.1, 0.15) is 100 Å². The Bertz CT molecular complexity index is 456. The zero-order valence-corrected chi connectivity index (χ0v) is 15.3. The Morgan fingerprint density at radius 3 is 1.96 bits per heavy atom. The average Bonchev–Trinajstić information content (AvgIpc) is 2.96. The summed E-state index contributed by atoms with van der Waals surface area (Å²) >= 11 is 0. The van der Waals surface area contributed by atoms with E-state index in [-0.39, 0.29) is 11.4 Å². The van der Waals surface area contributed by atoms with E-state index < -0.39 is 5.97 Å². The predicted molar refractivity (Wildman–Crippen MR) is 94.3 cm³/mol. The summed E-state index contributed by atoms with van der Waals surface area (Å²) in [4.78, 5) is 11.3. The smallest absolute Gasteiger partial charge is 0.364 e. The molecular weight excluding hydrogens is 306 g/mol. The van der Waals surface area contributed by atoms with Gasteiger partial charge in [0.25, 0.3) is 0 Å². The first kappa shape index (κ1) is 20.5. The van der Waals surface area contributed by atoms with Crippen LogP contribution in [0.5, 0.6) is 5.75 Å². The standard InChI is InChI=1S/C19H33NO4/c1-3-4-5-6-7-8-9-10-11-12-13-14-15-16-18(21)17(20-24-16)19(22)23-2/h21H,3-15H2,1-2H3. The van der Waals surface area contributed by atoms with Gasteiger partial charge in [0.2, 0.25) is 5.69 Å². The van der Waals surface area contributed by atoms with Gasteiger partial charge in [0.05, 0.1) is 7.11 Å². The molecule has 24 heavy (non-hydrogen) atoms. The molecule has 0 spiro atoms. The van der Waals surface area contributed by atoms with Crippen molar-refractivity contribution in [3.63, 3.8) is 0 Å². The third-order valence-electron chi connectivity index (χ3n) is 4.37. The zero-order chi connectivity index (χ0) is 17.6. The molecule has 0 aromatic carbocycles. The number of aryl methyl sites for hydroxylation is 1. The van der Waals surface area contributed by atoms with E-state index in [9.17, 15) is 9.90 Å². The van der Waals surface area contributed by atoms with Crippen LogP contribution in [0.15, 0.2) is 4.52 Å². The Kier molecular flexibility index (Phi) is 11.0. The van der Waals surface area contributed by atoms with E-state index in [1.807, 2.05) is 0 Å². The van der Waals surface area contributed by atoms with E-state index >= 15 is 0 Å². The van der Waals surface area contributed by atoms with E-state index in [1.54, 1.807) is 0 Å². The van der Waals surface area contributed by atoms with Gasteiger partial charge in [-0.05, 0) is 6.42 Å². The largest absolute Gasteiger partial charge is 0.503 e. The molecule has 0 unspecified atom stereocenters. The molecule has 0 saturated heterocycles. The van der Waals surface area contributed by atoms with Crippen LogP contribution in [0.2, 0.25) is 0 Å². The summed E-state index contributed by atoms with van der Waals surface area (Å²) in [6, 6.07) is 0. The van der Waals surface area contributed by atoms with E-state index in [2.05, 4.69) is 16.8 Å². The Morgan fingerprint density at radius 1 is 0.958 bits per heavy atom. The Balaban J connectivity index is 1.99. The average molecular weight is 339 g/mol. The number of aromatic nitrogens is 1. The predicted octanol–water partition coefficient (Wildman–Crippen LogP) is 5.41. The molecule has 0 aliphatic heterocycles. The molecule has 1 aromatic heterocycles. The minimum atomic E-state index is -0.669. The maximum Gasteiger partial charge on any atom is 0.364 e. The molecule has 0 amide bonds. The molecule has 0 aliphatic carbocycles. The van der Waals surface area contributed by atoms with Crippen LogP contribution in [0.25, 0.3) is 0 Å². The molecule has 0 saturated carbocycles. The molecule has 138 valence electrons. The minimum Gasteiger partial charge on any atom is -0.503 e. The number of methoxy groups -OCH3 is 1. The van der Waals surface area contributed by atoms with Gasteiger partial charge in [-0.2, -0.15) is 0 Å². The monoisotopic (exact) mass is 339 g/mol. The van der Waals surface area contributed by atoms with E-state index in [1.165, 1.54) is 71.3 Å². The normalized spacial score (nSPS) is 10.9. The summed E-state index contributed by atoms with van der Waals surface area (Å²) in [5.41, 5.74) is -0.133. The van der Waals surface area contributed by atoms with Crippen LogP contribution in [-0.2, 0) is 11.2 Å². The van der Waals surface area contributed by atoms with Crippen molar-refractivity contribution < 1.29 is 19.2 Å². The highest BCUT2D eigenvalue weighted by Gasteiger charge is 2.21. The highest BCUT2D eigenvalue weighted by molar-refractivity contribution is 5.90. The van der Waals surface area contributed by atoms with Crippen LogP contribution < -0.4 is 0 Å². The topological polar surface area (TPSA) is 72.6 Å². The minimum absolute atomic E-state index is 0.133. The highest BCUT2D eigenvalue weighted by Crippen LogP contribution is 2.24. The molecule has 1 heterocycles. The summed E-state index contributed by atoms with van der Waals surface area (Å²) in [6.07, 6.45) is 16.0. The second-order valence-corrected chi connectivity index (χ2v) is 6.43. The van der Waals surface area contributed by atoms with Gasteiger partial charge in [0.1, 0.15) is 0 Å². The molecule has 0 fully saturated rings. The number of rotatable bonds is 14. The van der Waals surface area contributed by atoms with Crippen molar-refractivity contribution in [2.75, 3.05) is 7.11 Å². The summed E-state index contributed by atoms with van der Waals surface area (Å²) in [5, 5.41) is 13.4. The van der Waals surface area contributed by atoms with Crippen molar-refractivity contribution in [2.45, 2.75) is 90.4 Å². The molecule has 1 rings (SSSR count). The first-order valence-corrected chi connectivity index (χ1v) is 9.46.